The summed E-state index contributed by atoms with van der Waals surface area (Å²) in [7, 11) is 0. The molecule has 2 aliphatic rings. The van der Waals surface area contributed by atoms with Crippen LogP contribution >= 0.6 is 0 Å². The highest BCUT2D eigenvalue weighted by Crippen LogP contribution is 2.37. The standard InChI is InChI=1S/C14H27NO2/c1-10(11-6-7-16-9-11)15-12-8-13(2,3)17-14(12,4)5/h10-12,15H,6-9H2,1-5H3. The van der Waals surface area contributed by atoms with Crippen molar-refractivity contribution in [1.29, 1.82) is 0 Å². The maximum atomic E-state index is 6.12. The average Bonchev–Trinajstić information content (AvgIpc) is 2.72. The molecule has 0 aliphatic carbocycles. The van der Waals surface area contributed by atoms with Crippen LogP contribution in [0.4, 0.5) is 0 Å². The number of ether oxygens (including phenoxy) is 2. The molecule has 100 valence electrons. The second kappa shape index (κ2) is 4.52. The molecule has 2 fully saturated rings. The van der Waals surface area contributed by atoms with Gasteiger partial charge in [0.15, 0.2) is 0 Å². The minimum absolute atomic E-state index is 0.00688. The van der Waals surface area contributed by atoms with E-state index >= 15 is 0 Å². The van der Waals surface area contributed by atoms with Crippen molar-refractivity contribution in [3.63, 3.8) is 0 Å². The van der Waals surface area contributed by atoms with Crippen LogP contribution in [0.15, 0.2) is 0 Å². The normalized spacial score (nSPS) is 37.2. The van der Waals surface area contributed by atoms with Crippen LogP contribution in [0.5, 0.6) is 0 Å². The minimum Gasteiger partial charge on any atom is -0.381 e. The highest BCUT2D eigenvalue weighted by atomic mass is 16.5. The second-order valence-electron chi connectivity index (χ2n) is 6.80. The summed E-state index contributed by atoms with van der Waals surface area (Å²) in [5.74, 6) is 0.662. The van der Waals surface area contributed by atoms with Gasteiger partial charge in [-0.25, -0.2) is 0 Å². The van der Waals surface area contributed by atoms with Gasteiger partial charge in [-0.05, 0) is 53.4 Å². The molecule has 0 aromatic carbocycles. The Labute approximate surface area is 105 Å². The first-order valence-corrected chi connectivity index (χ1v) is 6.84. The van der Waals surface area contributed by atoms with Crippen molar-refractivity contribution in [2.24, 2.45) is 5.92 Å². The van der Waals surface area contributed by atoms with Gasteiger partial charge in [0.05, 0.1) is 17.8 Å². The van der Waals surface area contributed by atoms with Crippen LogP contribution in [0.1, 0.15) is 47.5 Å². The van der Waals surface area contributed by atoms with Gasteiger partial charge in [0.25, 0.3) is 0 Å². The van der Waals surface area contributed by atoms with Gasteiger partial charge in [-0.3, -0.25) is 0 Å². The molecule has 2 rings (SSSR count). The molecule has 17 heavy (non-hydrogen) atoms. The fourth-order valence-electron chi connectivity index (χ4n) is 3.22. The lowest BCUT2D eigenvalue weighted by Gasteiger charge is -2.31. The molecule has 1 N–H and O–H groups in total. The zero-order valence-electron chi connectivity index (χ0n) is 11.9. The topological polar surface area (TPSA) is 30.5 Å². The van der Waals surface area contributed by atoms with E-state index in [-0.39, 0.29) is 11.2 Å². The van der Waals surface area contributed by atoms with Crippen LogP contribution in [-0.4, -0.2) is 36.5 Å². The van der Waals surface area contributed by atoms with Crippen molar-refractivity contribution in [1.82, 2.24) is 5.32 Å². The summed E-state index contributed by atoms with van der Waals surface area (Å²) in [6.07, 6.45) is 2.27. The fraction of sp³-hybridized carbons (Fsp3) is 1.00. The van der Waals surface area contributed by atoms with Gasteiger partial charge in [0.2, 0.25) is 0 Å². The SMILES string of the molecule is CC(NC1CC(C)(C)OC1(C)C)C1CCOC1. The van der Waals surface area contributed by atoms with Crippen LogP contribution in [0.25, 0.3) is 0 Å². The number of hydrogen-bond acceptors (Lipinski definition) is 3. The Morgan fingerprint density at radius 3 is 2.41 bits per heavy atom. The van der Waals surface area contributed by atoms with Gasteiger partial charge in [-0.15, -0.1) is 0 Å². The summed E-state index contributed by atoms with van der Waals surface area (Å²) in [4.78, 5) is 0. The summed E-state index contributed by atoms with van der Waals surface area (Å²) in [5.41, 5.74) is -0.0791. The van der Waals surface area contributed by atoms with E-state index in [1.54, 1.807) is 0 Å². The minimum atomic E-state index is -0.0722. The van der Waals surface area contributed by atoms with Crippen molar-refractivity contribution in [3.8, 4) is 0 Å². The summed E-state index contributed by atoms with van der Waals surface area (Å²) >= 11 is 0. The maximum Gasteiger partial charge on any atom is 0.0787 e. The van der Waals surface area contributed by atoms with Gasteiger partial charge in [0, 0.05) is 18.7 Å². The van der Waals surface area contributed by atoms with E-state index in [2.05, 4.69) is 39.9 Å². The zero-order valence-corrected chi connectivity index (χ0v) is 11.9. The van der Waals surface area contributed by atoms with Crippen molar-refractivity contribution in [3.05, 3.63) is 0 Å². The van der Waals surface area contributed by atoms with E-state index in [1.807, 2.05) is 0 Å². The molecule has 0 amide bonds. The molecule has 2 heterocycles. The Bertz CT molecular complexity index is 269. The Morgan fingerprint density at radius 2 is 1.94 bits per heavy atom. The molecular formula is C14H27NO2. The van der Waals surface area contributed by atoms with E-state index in [0.29, 0.717) is 18.0 Å². The smallest absolute Gasteiger partial charge is 0.0787 e. The molecule has 0 radical (unpaired) electrons. The number of rotatable bonds is 3. The zero-order chi connectivity index (χ0) is 12.7. The molecule has 0 aromatic rings. The molecule has 3 heteroatoms. The molecule has 2 saturated heterocycles. The summed E-state index contributed by atoms with van der Waals surface area (Å²) in [6, 6.07) is 0.951. The van der Waals surface area contributed by atoms with Crippen LogP contribution in [0.3, 0.4) is 0 Å². The number of nitrogens with one attached hydrogen (secondary N) is 1. The molecular weight excluding hydrogens is 214 g/mol. The fourth-order valence-corrected chi connectivity index (χ4v) is 3.22. The van der Waals surface area contributed by atoms with E-state index < -0.39 is 0 Å². The third-order valence-electron chi connectivity index (χ3n) is 4.21. The maximum absolute atomic E-state index is 6.12. The van der Waals surface area contributed by atoms with Gasteiger partial charge in [-0.2, -0.15) is 0 Å². The van der Waals surface area contributed by atoms with Crippen molar-refractivity contribution in [2.45, 2.75) is 70.7 Å². The van der Waals surface area contributed by atoms with E-state index in [0.717, 1.165) is 19.6 Å². The van der Waals surface area contributed by atoms with Crippen molar-refractivity contribution in [2.75, 3.05) is 13.2 Å². The Morgan fingerprint density at radius 1 is 1.24 bits per heavy atom. The Kier molecular flexibility index (Phi) is 3.54. The van der Waals surface area contributed by atoms with Gasteiger partial charge in [0.1, 0.15) is 0 Å². The quantitative estimate of drug-likeness (QED) is 0.822. The highest BCUT2D eigenvalue weighted by Gasteiger charge is 2.46. The van der Waals surface area contributed by atoms with Gasteiger partial charge >= 0.3 is 0 Å². The van der Waals surface area contributed by atoms with Crippen molar-refractivity contribution < 1.29 is 9.47 Å². The highest BCUT2D eigenvalue weighted by molar-refractivity contribution is 5.00. The van der Waals surface area contributed by atoms with Crippen molar-refractivity contribution >= 4 is 0 Å². The molecule has 0 saturated carbocycles. The monoisotopic (exact) mass is 241 g/mol. The Hall–Kier alpha value is -0.120. The first-order valence-electron chi connectivity index (χ1n) is 6.84. The lowest BCUT2D eigenvalue weighted by Crippen LogP contribution is -2.49. The summed E-state index contributed by atoms with van der Waals surface area (Å²) in [6.45, 7) is 12.9. The van der Waals surface area contributed by atoms with E-state index in [4.69, 9.17) is 9.47 Å². The van der Waals surface area contributed by atoms with E-state index in [9.17, 15) is 0 Å². The molecule has 2 aliphatic heterocycles. The van der Waals surface area contributed by atoms with Crippen LogP contribution in [0.2, 0.25) is 0 Å². The molecule has 0 aromatic heterocycles. The van der Waals surface area contributed by atoms with Crippen LogP contribution in [-0.2, 0) is 9.47 Å². The second-order valence-corrected chi connectivity index (χ2v) is 6.80. The molecule has 0 bridgehead atoms. The van der Waals surface area contributed by atoms with Crippen LogP contribution in [0, 0.1) is 5.92 Å². The van der Waals surface area contributed by atoms with Gasteiger partial charge in [-0.1, -0.05) is 0 Å². The first kappa shape index (κ1) is 13.3. The summed E-state index contributed by atoms with van der Waals surface area (Å²) < 4.78 is 11.6. The lowest BCUT2D eigenvalue weighted by molar-refractivity contribution is -0.0707. The van der Waals surface area contributed by atoms with Crippen LogP contribution < -0.4 is 5.32 Å². The lowest BCUT2D eigenvalue weighted by atomic mass is 9.91. The number of hydrogen-bond donors (Lipinski definition) is 1. The average molecular weight is 241 g/mol. The molecule has 0 spiro atoms. The third kappa shape index (κ3) is 3.01. The molecule has 3 nitrogen and oxygen atoms in total. The predicted molar refractivity (Wildman–Crippen MR) is 69.2 cm³/mol. The Balaban J connectivity index is 1.94. The predicted octanol–water partition coefficient (Wildman–Crippen LogP) is 2.35. The summed E-state index contributed by atoms with van der Waals surface area (Å²) in [5, 5.41) is 3.76. The third-order valence-corrected chi connectivity index (χ3v) is 4.21. The molecule has 3 atom stereocenters. The molecule has 3 unspecified atom stereocenters. The first-order chi connectivity index (χ1) is 7.80. The largest absolute Gasteiger partial charge is 0.381 e. The van der Waals surface area contributed by atoms with E-state index in [1.165, 1.54) is 6.42 Å². The van der Waals surface area contributed by atoms with Gasteiger partial charge < -0.3 is 14.8 Å².